The summed E-state index contributed by atoms with van der Waals surface area (Å²) in [5.74, 6) is 3.41. The summed E-state index contributed by atoms with van der Waals surface area (Å²) in [6.07, 6.45) is 8.02. The van der Waals surface area contributed by atoms with Gasteiger partial charge in [0.15, 0.2) is 0 Å². The van der Waals surface area contributed by atoms with Gasteiger partial charge in [-0.2, -0.15) is 0 Å². The summed E-state index contributed by atoms with van der Waals surface area (Å²) in [6, 6.07) is 0.482. The molecule has 6 aliphatic rings. The standard InChI is InChI=1S/C27H41NO3/c1-14-9-24-25(28-13-14)16(3)27(31-24)8-6-18-19(15(27)2)11-21-20(18)12-23(30)22-10-17(29)5-7-26(21,22)4/h14,16-18,20-22,24-25,28-29H,5-13H2,1-4H3/t14-,16-,17+,18-,20+,21+,22-,24-,25+,26-,27+/m1/s1. The minimum Gasteiger partial charge on any atom is -0.393 e. The quantitative estimate of drug-likeness (QED) is 0.567. The van der Waals surface area contributed by atoms with E-state index in [1.807, 2.05) is 0 Å². The maximum absolute atomic E-state index is 13.2. The summed E-state index contributed by atoms with van der Waals surface area (Å²) in [5.41, 5.74) is 3.15. The van der Waals surface area contributed by atoms with E-state index in [1.165, 1.54) is 18.4 Å². The van der Waals surface area contributed by atoms with Crippen LogP contribution in [0.3, 0.4) is 0 Å². The molecule has 6 rings (SSSR count). The number of fused-ring (bicyclic) bond motifs is 6. The molecule has 0 radical (unpaired) electrons. The van der Waals surface area contributed by atoms with Gasteiger partial charge in [-0.3, -0.25) is 4.79 Å². The number of carbonyl (C=O) groups is 1. The maximum atomic E-state index is 13.2. The molecule has 0 aromatic carbocycles. The molecular weight excluding hydrogens is 386 g/mol. The largest absolute Gasteiger partial charge is 0.393 e. The van der Waals surface area contributed by atoms with E-state index in [0.29, 0.717) is 53.9 Å². The number of nitrogens with one attached hydrogen (secondary N) is 1. The molecule has 0 amide bonds. The number of aliphatic hydroxyl groups excluding tert-OH is 1. The number of carbonyl (C=O) groups excluding carboxylic acids is 1. The average molecular weight is 428 g/mol. The van der Waals surface area contributed by atoms with E-state index in [0.717, 1.165) is 38.6 Å². The first-order valence-electron chi connectivity index (χ1n) is 13.1. The molecule has 4 aliphatic carbocycles. The minimum atomic E-state index is -0.280. The van der Waals surface area contributed by atoms with Crippen molar-refractivity contribution in [2.75, 3.05) is 6.54 Å². The van der Waals surface area contributed by atoms with Crippen LogP contribution in [-0.4, -0.2) is 41.3 Å². The summed E-state index contributed by atoms with van der Waals surface area (Å²) in [7, 11) is 0. The van der Waals surface area contributed by atoms with Crippen LogP contribution in [0.2, 0.25) is 0 Å². The van der Waals surface area contributed by atoms with Gasteiger partial charge < -0.3 is 15.2 Å². The van der Waals surface area contributed by atoms with E-state index in [-0.39, 0.29) is 23.0 Å². The molecule has 11 atom stereocenters. The van der Waals surface area contributed by atoms with Gasteiger partial charge >= 0.3 is 0 Å². The lowest BCUT2D eigenvalue weighted by molar-refractivity contribution is -0.145. The Hall–Kier alpha value is -0.710. The predicted octanol–water partition coefficient (Wildman–Crippen LogP) is 4.26. The monoisotopic (exact) mass is 427 g/mol. The van der Waals surface area contributed by atoms with Gasteiger partial charge in [-0.05, 0) is 93.1 Å². The molecule has 0 bridgehead atoms. The average Bonchev–Trinajstić information content (AvgIpc) is 3.23. The van der Waals surface area contributed by atoms with Gasteiger partial charge in [-0.15, -0.1) is 0 Å². The van der Waals surface area contributed by atoms with Crippen LogP contribution in [-0.2, 0) is 9.53 Å². The molecule has 2 saturated heterocycles. The summed E-state index contributed by atoms with van der Waals surface area (Å²) < 4.78 is 7.00. The Labute approximate surface area is 187 Å². The lowest BCUT2D eigenvalue weighted by atomic mass is 9.51. The van der Waals surface area contributed by atoms with Crippen molar-refractivity contribution >= 4 is 5.78 Å². The first-order valence-corrected chi connectivity index (χ1v) is 13.1. The number of allylic oxidation sites excluding steroid dienone is 1. The van der Waals surface area contributed by atoms with Gasteiger partial charge in [0.25, 0.3) is 0 Å². The molecule has 0 aromatic heterocycles. The highest BCUT2D eigenvalue weighted by Crippen LogP contribution is 2.65. The van der Waals surface area contributed by atoms with Crippen molar-refractivity contribution in [2.24, 2.45) is 40.9 Å². The molecule has 1 spiro atoms. The fraction of sp³-hybridized carbons (Fsp3) is 0.889. The van der Waals surface area contributed by atoms with Crippen LogP contribution in [0.25, 0.3) is 0 Å². The minimum absolute atomic E-state index is 0.0720. The second-order valence-electron chi connectivity index (χ2n) is 12.5. The lowest BCUT2D eigenvalue weighted by Gasteiger charge is -2.52. The number of ether oxygens (including phenoxy) is 1. The van der Waals surface area contributed by atoms with Crippen molar-refractivity contribution in [3.63, 3.8) is 0 Å². The van der Waals surface area contributed by atoms with Crippen LogP contribution in [0.15, 0.2) is 11.1 Å². The Balaban J connectivity index is 1.35. The van der Waals surface area contributed by atoms with E-state index in [4.69, 9.17) is 4.74 Å². The molecule has 3 saturated carbocycles. The number of aliphatic hydroxyl groups is 1. The zero-order chi connectivity index (χ0) is 21.7. The van der Waals surface area contributed by atoms with Gasteiger partial charge in [0.05, 0.1) is 17.8 Å². The van der Waals surface area contributed by atoms with E-state index in [1.54, 1.807) is 5.57 Å². The fourth-order valence-corrected chi connectivity index (χ4v) is 9.46. The summed E-state index contributed by atoms with van der Waals surface area (Å²) in [5, 5.41) is 14.1. The number of hydrogen-bond acceptors (Lipinski definition) is 4. The lowest BCUT2D eigenvalue weighted by Crippen LogP contribution is -2.51. The van der Waals surface area contributed by atoms with Crippen LogP contribution >= 0.6 is 0 Å². The van der Waals surface area contributed by atoms with Crippen LogP contribution < -0.4 is 5.32 Å². The molecule has 4 nitrogen and oxygen atoms in total. The van der Waals surface area contributed by atoms with Crippen LogP contribution in [0.1, 0.15) is 79.1 Å². The van der Waals surface area contributed by atoms with Gasteiger partial charge in [0.1, 0.15) is 5.78 Å². The third-order valence-electron chi connectivity index (χ3n) is 11.2. The zero-order valence-corrected chi connectivity index (χ0v) is 19.8. The Bertz CT molecular complexity index is 821. The highest BCUT2D eigenvalue weighted by molar-refractivity contribution is 5.83. The number of rotatable bonds is 0. The molecule has 2 heterocycles. The molecule has 172 valence electrons. The topological polar surface area (TPSA) is 58.6 Å². The summed E-state index contributed by atoms with van der Waals surface area (Å²) in [6.45, 7) is 10.6. The second kappa shape index (κ2) is 6.90. The number of Topliss-reactive ketones (excluding diaryl/α,β-unsaturated/α-hetero) is 1. The van der Waals surface area contributed by atoms with Crippen molar-refractivity contribution in [1.82, 2.24) is 5.32 Å². The normalized spacial score (nSPS) is 56.3. The smallest absolute Gasteiger partial charge is 0.136 e. The Morgan fingerprint density at radius 2 is 1.94 bits per heavy atom. The number of piperidine rings is 1. The first-order chi connectivity index (χ1) is 14.7. The molecule has 5 fully saturated rings. The predicted molar refractivity (Wildman–Crippen MR) is 120 cm³/mol. The van der Waals surface area contributed by atoms with Crippen LogP contribution in [0, 0.1) is 40.9 Å². The number of ketones is 1. The Morgan fingerprint density at radius 1 is 1.13 bits per heavy atom. The molecule has 0 unspecified atom stereocenters. The molecule has 2 N–H and O–H groups in total. The van der Waals surface area contributed by atoms with E-state index in [2.05, 4.69) is 33.0 Å². The van der Waals surface area contributed by atoms with E-state index >= 15 is 0 Å². The second-order valence-corrected chi connectivity index (χ2v) is 12.5. The van der Waals surface area contributed by atoms with Crippen LogP contribution in [0.4, 0.5) is 0 Å². The molecule has 2 aliphatic heterocycles. The third-order valence-corrected chi connectivity index (χ3v) is 11.2. The van der Waals surface area contributed by atoms with Gasteiger partial charge in [-0.1, -0.05) is 26.3 Å². The van der Waals surface area contributed by atoms with Gasteiger partial charge in [-0.25, -0.2) is 0 Å². The van der Waals surface area contributed by atoms with Gasteiger partial charge in [0, 0.05) is 24.3 Å². The molecule has 4 heteroatoms. The Morgan fingerprint density at radius 3 is 2.74 bits per heavy atom. The molecular formula is C27H41NO3. The summed E-state index contributed by atoms with van der Waals surface area (Å²) >= 11 is 0. The van der Waals surface area contributed by atoms with Crippen molar-refractivity contribution < 1.29 is 14.6 Å². The third kappa shape index (κ3) is 2.74. The first kappa shape index (κ1) is 20.9. The molecule has 0 aromatic rings. The van der Waals surface area contributed by atoms with Crippen LogP contribution in [0.5, 0.6) is 0 Å². The molecule has 31 heavy (non-hydrogen) atoms. The highest BCUT2D eigenvalue weighted by atomic mass is 16.5. The van der Waals surface area contributed by atoms with Crippen molar-refractivity contribution in [1.29, 1.82) is 0 Å². The van der Waals surface area contributed by atoms with Crippen molar-refractivity contribution in [3.05, 3.63) is 11.1 Å². The fourth-order valence-electron chi connectivity index (χ4n) is 9.46. The van der Waals surface area contributed by atoms with Crippen molar-refractivity contribution in [2.45, 2.75) is 103 Å². The van der Waals surface area contributed by atoms with Crippen molar-refractivity contribution in [3.8, 4) is 0 Å². The zero-order valence-electron chi connectivity index (χ0n) is 19.8. The highest BCUT2D eigenvalue weighted by Gasteiger charge is 2.62. The van der Waals surface area contributed by atoms with E-state index < -0.39 is 0 Å². The van der Waals surface area contributed by atoms with Gasteiger partial charge in [0.2, 0.25) is 0 Å². The van der Waals surface area contributed by atoms with E-state index in [9.17, 15) is 9.90 Å². The number of hydrogen-bond donors (Lipinski definition) is 2. The maximum Gasteiger partial charge on any atom is 0.136 e. The summed E-state index contributed by atoms with van der Waals surface area (Å²) in [4.78, 5) is 13.2. The SMILES string of the molecule is CC1=C2C[C@H]3[C@@H](CC(=O)[C@H]4C[C@@H](O)CC[C@@]43C)[C@@H]2CC[C@]12O[C@@H]1C[C@@H](C)CN[C@H]1[C@H]2C. The Kier molecular flexibility index (Phi) is 4.64.